The third-order valence-electron chi connectivity index (χ3n) is 8.11. The van der Waals surface area contributed by atoms with Crippen LogP contribution in [0.25, 0.3) is 61.0 Å². The molecule has 3 heteroatoms. The van der Waals surface area contributed by atoms with Crippen molar-refractivity contribution in [2.75, 3.05) is 0 Å². The van der Waals surface area contributed by atoms with Gasteiger partial charge in [0.25, 0.3) is 0 Å². The standard InChI is InChI=1S/C38H27N3/c1-38(2)33-19-17-28(22-31(33)32-23-30(39-3)18-20-34(32)38)27-15-10-16-29(21-27)36-24-35(25-11-6-4-7-12-25)40-37(41-36)26-13-8-5-9-14-26/h4-24H,1-2H3. The predicted octanol–water partition coefficient (Wildman–Crippen LogP) is 10.0. The number of rotatable bonds is 4. The van der Waals surface area contributed by atoms with Gasteiger partial charge in [-0.05, 0) is 57.6 Å². The molecule has 5 aromatic carbocycles. The molecule has 0 radical (unpaired) electrons. The summed E-state index contributed by atoms with van der Waals surface area (Å²) in [6.45, 7) is 12.1. The molecule has 0 bridgehead atoms. The van der Waals surface area contributed by atoms with E-state index in [4.69, 9.17) is 16.5 Å². The fourth-order valence-electron chi connectivity index (χ4n) is 5.93. The highest BCUT2D eigenvalue weighted by molar-refractivity contribution is 5.87. The van der Waals surface area contributed by atoms with Gasteiger partial charge in [0.2, 0.25) is 0 Å². The third kappa shape index (κ3) is 4.31. The van der Waals surface area contributed by atoms with Gasteiger partial charge in [-0.15, -0.1) is 0 Å². The molecule has 0 spiro atoms. The molecule has 0 saturated carbocycles. The van der Waals surface area contributed by atoms with Crippen LogP contribution in [0.15, 0.2) is 127 Å². The molecular weight excluding hydrogens is 498 g/mol. The summed E-state index contributed by atoms with van der Waals surface area (Å²) in [5.41, 5.74) is 12.6. The van der Waals surface area contributed by atoms with Crippen molar-refractivity contribution in [1.82, 2.24) is 9.97 Å². The van der Waals surface area contributed by atoms with Crippen LogP contribution < -0.4 is 0 Å². The minimum Gasteiger partial charge on any atom is -0.238 e. The lowest BCUT2D eigenvalue weighted by Crippen LogP contribution is -2.14. The molecule has 7 rings (SSSR count). The normalized spacial score (nSPS) is 12.8. The highest BCUT2D eigenvalue weighted by atomic mass is 14.9. The van der Waals surface area contributed by atoms with E-state index in [9.17, 15) is 0 Å². The Hall–Kier alpha value is -5.33. The minimum absolute atomic E-state index is 0.103. The van der Waals surface area contributed by atoms with E-state index in [2.05, 4.69) is 85.4 Å². The van der Waals surface area contributed by atoms with Crippen molar-refractivity contribution < 1.29 is 0 Å². The summed E-state index contributed by atoms with van der Waals surface area (Å²) in [4.78, 5) is 13.6. The zero-order valence-corrected chi connectivity index (χ0v) is 23.0. The predicted molar refractivity (Wildman–Crippen MR) is 168 cm³/mol. The molecule has 0 atom stereocenters. The molecular formula is C38H27N3. The van der Waals surface area contributed by atoms with Crippen molar-refractivity contribution in [3.8, 4) is 56.2 Å². The molecule has 194 valence electrons. The minimum atomic E-state index is -0.103. The number of benzene rings is 5. The summed E-state index contributed by atoms with van der Waals surface area (Å²) in [6, 6.07) is 43.9. The molecule has 0 amide bonds. The first kappa shape index (κ1) is 24.7. The number of nitrogens with zero attached hydrogens (tertiary/aromatic N) is 3. The van der Waals surface area contributed by atoms with E-state index in [1.54, 1.807) is 0 Å². The van der Waals surface area contributed by atoms with Gasteiger partial charge in [-0.3, -0.25) is 0 Å². The van der Waals surface area contributed by atoms with Gasteiger partial charge in [0.1, 0.15) is 0 Å². The number of aromatic nitrogens is 2. The molecule has 0 unspecified atom stereocenters. The van der Waals surface area contributed by atoms with Gasteiger partial charge in [-0.25, -0.2) is 14.8 Å². The average molecular weight is 526 g/mol. The van der Waals surface area contributed by atoms with Crippen molar-refractivity contribution in [2.45, 2.75) is 19.3 Å². The smallest absolute Gasteiger partial charge is 0.187 e. The van der Waals surface area contributed by atoms with Gasteiger partial charge in [-0.2, -0.15) is 0 Å². The monoisotopic (exact) mass is 525 g/mol. The number of fused-ring (bicyclic) bond motifs is 3. The van der Waals surface area contributed by atoms with Gasteiger partial charge in [0.05, 0.1) is 18.0 Å². The van der Waals surface area contributed by atoms with Gasteiger partial charge in [0.15, 0.2) is 11.5 Å². The first-order valence-electron chi connectivity index (χ1n) is 13.8. The molecule has 41 heavy (non-hydrogen) atoms. The van der Waals surface area contributed by atoms with Gasteiger partial charge in [-0.1, -0.05) is 117 Å². The Kier molecular flexibility index (Phi) is 5.84. The van der Waals surface area contributed by atoms with Crippen LogP contribution in [0.5, 0.6) is 0 Å². The first-order chi connectivity index (χ1) is 20.0. The third-order valence-corrected chi connectivity index (χ3v) is 8.11. The highest BCUT2D eigenvalue weighted by Gasteiger charge is 2.35. The number of hydrogen-bond donors (Lipinski definition) is 0. The molecule has 0 N–H and O–H groups in total. The Morgan fingerprint density at radius 1 is 0.512 bits per heavy atom. The lowest BCUT2D eigenvalue weighted by atomic mass is 9.82. The van der Waals surface area contributed by atoms with E-state index in [0.29, 0.717) is 11.5 Å². The van der Waals surface area contributed by atoms with E-state index < -0.39 is 0 Å². The van der Waals surface area contributed by atoms with Crippen molar-refractivity contribution in [3.05, 3.63) is 150 Å². The number of hydrogen-bond acceptors (Lipinski definition) is 2. The van der Waals surface area contributed by atoms with Crippen LogP contribution in [0.3, 0.4) is 0 Å². The summed E-state index contributed by atoms with van der Waals surface area (Å²) in [5, 5.41) is 0. The summed E-state index contributed by atoms with van der Waals surface area (Å²) >= 11 is 0. The zero-order valence-electron chi connectivity index (χ0n) is 23.0. The van der Waals surface area contributed by atoms with E-state index in [-0.39, 0.29) is 5.41 Å². The zero-order chi connectivity index (χ0) is 28.0. The van der Waals surface area contributed by atoms with E-state index in [1.165, 1.54) is 16.7 Å². The van der Waals surface area contributed by atoms with Crippen molar-refractivity contribution in [2.24, 2.45) is 0 Å². The quantitative estimate of drug-likeness (QED) is 0.214. The molecule has 3 nitrogen and oxygen atoms in total. The molecule has 1 heterocycles. The van der Waals surface area contributed by atoms with E-state index in [0.717, 1.165) is 44.8 Å². The second-order valence-corrected chi connectivity index (χ2v) is 11.0. The Bertz CT molecular complexity index is 1910. The Morgan fingerprint density at radius 3 is 1.78 bits per heavy atom. The fraction of sp³-hybridized carbons (Fsp3) is 0.0789. The van der Waals surface area contributed by atoms with Crippen LogP contribution in [-0.4, -0.2) is 9.97 Å². The highest BCUT2D eigenvalue weighted by Crippen LogP contribution is 2.50. The SMILES string of the molecule is [C-]#[N+]c1ccc2c(c1)-c1cc(-c3cccc(-c4cc(-c5ccccc5)nc(-c5ccccc5)n4)c3)ccc1C2(C)C. The van der Waals surface area contributed by atoms with Gasteiger partial charge < -0.3 is 0 Å². The van der Waals surface area contributed by atoms with Crippen LogP contribution in [0, 0.1) is 6.57 Å². The molecule has 0 fully saturated rings. The molecule has 1 aromatic heterocycles. The molecule has 1 aliphatic carbocycles. The Labute approximate surface area is 240 Å². The van der Waals surface area contributed by atoms with Crippen LogP contribution >= 0.6 is 0 Å². The molecule has 0 saturated heterocycles. The first-order valence-corrected chi connectivity index (χ1v) is 13.8. The van der Waals surface area contributed by atoms with E-state index in [1.807, 2.05) is 60.7 Å². The van der Waals surface area contributed by atoms with E-state index >= 15 is 0 Å². The maximum Gasteiger partial charge on any atom is 0.187 e. The van der Waals surface area contributed by atoms with Crippen molar-refractivity contribution >= 4 is 5.69 Å². The summed E-state index contributed by atoms with van der Waals surface area (Å²) in [5.74, 6) is 0.708. The maximum atomic E-state index is 7.53. The lowest BCUT2D eigenvalue weighted by Gasteiger charge is -2.21. The van der Waals surface area contributed by atoms with Crippen LogP contribution in [-0.2, 0) is 5.41 Å². The van der Waals surface area contributed by atoms with Crippen molar-refractivity contribution in [3.63, 3.8) is 0 Å². The second kappa shape index (κ2) is 9.70. The van der Waals surface area contributed by atoms with Crippen LogP contribution in [0.4, 0.5) is 5.69 Å². The largest absolute Gasteiger partial charge is 0.238 e. The lowest BCUT2D eigenvalue weighted by molar-refractivity contribution is 0.660. The van der Waals surface area contributed by atoms with Gasteiger partial charge in [0, 0.05) is 22.1 Å². The average Bonchev–Trinajstić information content (AvgIpc) is 3.27. The summed E-state index contributed by atoms with van der Waals surface area (Å²) in [6.07, 6.45) is 0. The topological polar surface area (TPSA) is 30.1 Å². The summed E-state index contributed by atoms with van der Waals surface area (Å²) in [7, 11) is 0. The molecule has 1 aliphatic rings. The fourth-order valence-corrected chi connectivity index (χ4v) is 5.93. The molecule has 6 aromatic rings. The summed E-state index contributed by atoms with van der Waals surface area (Å²) < 4.78 is 0. The maximum absolute atomic E-state index is 7.53. The van der Waals surface area contributed by atoms with Gasteiger partial charge >= 0.3 is 0 Å². The Balaban J connectivity index is 1.35. The van der Waals surface area contributed by atoms with Crippen molar-refractivity contribution in [1.29, 1.82) is 0 Å². The van der Waals surface area contributed by atoms with Crippen LogP contribution in [0.1, 0.15) is 25.0 Å². The Morgan fingerprint density at radius 2 is 1.07 bits per heavy atom. The van der Waals surface area contributed by atoms with Crippen LogP contribution in [0.2, 0.25) is 0 Å². The second-order valence-electron chi connectivity index (χ2n) is 11.0. The molecule has 0 aliphatic heterocycles.